The lowest BCUT2D eigenvalue weighted by molar-refractivity contribution is -0.0494. The number of sulfonamides is 1. The molecule has 1 saturated heterocycles. The van der Waals surface area contributed by atoms with Crippen LogP contribution in [0.4, 0.5) is 13.2 Å². The van der Waals surface area contributed by atoms with E-state index in [0.29, 0.717) is 9.88 Å². The molecule has 0 atom stereocenters. The highest BCUT2D eigenvalue weighted by Crippen LogP contribution is 2.31. The van der Waals surface area contributed by atoms with Crippen molar-refractivity contribution >= 4 is 10.0 Å². The number of hydrogen-bond acceptors (Lipinski definition) is 2. The maximum Gasteiger partial charge on any atom is 0.511 e. The lowest BCUT2D eigenvalue weighted by atomic mass is 10.1. The lowest BCUT2D eigenvalue weighted by Gasteiger charge is -2.32. The smallest absolute Gasteiger partial charge is 0.203 e. The minimum atomic E-state index is -5.17. The van der Waals surface area contributed by atoms with Crippen molar-refractivity contribution in [3.05, 3.63) is 11.6 Å². The van der Waals surface area contributed by atoms with Gasteiger partial charge in [-0.2, -0.15) is 17.5 Å². The molecule has 1 aliphatic heterocycles. The largest absolute Gasteiger partial charge is 0.511 e. The van der Waals surface area contributed by atoms with Crippen LogP contribution in [0.2, 0.25) is 0 Å². The number of alkyl halides is 3. The predicted molar refractivity (Wildman–Crippen MR) is 40.3 cm³/mol. The number of rotatable bonds is 1. The molecule has 0 aliphatic carbocycles. The first kappa shape index (κ1) is 10.5. The molecule has 0 radical (unpaired) electrons. The van der Waals surface area contributed by atoms with E-state index >= 15 is 0 Å². The SMILES string of the molecule is CC=C1CN(S(=O)(=O)C(F)(F)F)C1. The van der Waals surface area contributed by atoms with Gasteiger partial charge in [-0.3, -0.25) is 0 Å². The fourth-order valence-electron chi connectivity index (χ4n) is 0.906. The molecule has 1 heterocycles. The zero-order chi connectivity index (χ0) is 10.3. The van der Waals surface area contributed by atoms with Gasteiger partial charge >= 0.3 is 15.5 Å². The Labute approximate surface area is 73.9 Å². The Morgan fingerprint density at radius 2 is 1.85 bits per heavy atom. The van der Waals surface area contributed by atoms with Crippen LogP contribution in [0.1, 0.15) is 6.92 Å². The molecule has 0 aromatic carbocycles. The van der Waals surface area contributed by atoms with Gasteiger partial charge in [0.05, 0.1) is 0 Å². The topological polar surface area (TPSA) is 37.4 Å². The first-order valence-electron chi connectivity index (χ1n) is 3.49. The zero-order valence-corrected chi connectivity index (χ0v) is 7.61. The summed E-state index contributed by atoms with van der Waals surface area (Å²) in [5.41, 5.74) is -4.47. The fraction of sp³-hybridized carbons (Fsp3) is 0.667. The normalized spacial score (nSPS) is 19.8. The zero-order valence-electron chi connectivity index (χ0n) is 6.80. The van der Waals surface area contributed by atoms with Gasteiger partial charge in [0.1, 0.15) is 0 Å². The summed E-state index contributed by atoms with van der Waals surface area (Å²) >= 11 is 0. The van der Waals surface area contributed by atoms with Crippen LogP contribution < -0.4 is 0 Å². The van der Waals surface area contributed by atoms with Crippen LogP contribution in [0, 0.1) is 0 Å². The van der Waals surface area contributed by atoms with Crippen molar-refractivity contribution < 1.29 is 21.6 Å². The first-order chi connectivity index (χ1) is 5.79. The average Bonchev–Trinajstić information content (AvgIpc) is 1.81. The second kappa shape index (κ2) is 2.98. The summed E-state index contributed by atoms with van der Waals surface area (Å²) in [7, 11) is -5.09. The maximum atomic E-state index is 11.9. The van der Waals surface area contributed by atoms with E-state index in [0.717, 1.165) is 0 Å². The molecule has 76 valence electrons. The van der Waals surface area contributed by atoms with Crippen LogP contribution in [0.5, 0.6) is 0 Å². The van der Waals surface area contributed by atoms with Gasteiger partial charge in [0, 0.05) is 13.1 Å². The first-order valence-corrected chi connectivity index (χ1v) is 4.93. The Morgan fingerprint density at radius 1 is 1.38 bits per heavy atom. The van der Waals surface area contributed by atoms with Crippen molar-refractivity contribution in [3.8, 4) is 0 Å². The van der Waals surface area contributed by atoms with Crippen molar-refractivity contribution in [2.45, 2.75) is 12.4 Å². The maximum absolute atomic E-state index is 11.9. The van der Waals surface area contributed by atoms with Crippen LogP contribution >= 0.6 is 0 Å². The summed E-state index contributed by atoms with van der Waals surface area (Å²) in [5, 5.41) is 0. The molecule has 0 saturated carbocycles. The van der Waals surface area contributed by atoms with Crippen LogP contribution in [-0.4, -0.2) is 31.3 Å². The van der Waals surface area contributed by atoms with E-state index in [9.17, 15) is 21.6 Å². The third-order valence-electron chi connectivity index (χ3n) is 1.80. The summed E-state index contributed by atoms with van der Waals surface area (Å²) in [6.45, 7) is 1.38. The highest BCUT2D eigenvalue weighted by atomic mass is 32.2. The minimum Gasteiger partial charge on any atom is -0.203 e. The van der Waals surface area contributed by atoms with Gasteiger partial charge in [-0.05, 0) is 12.5 Å². The molecule has 0 unspecified atom stereocenters. The van der Waals surface area contributed by atoms with Crippen LogP contribution in [0.15, 0.2) is 11.6 Å². The highest BCUT2D eigenvalue weighted by Gasteiger charge is 2.52. The van der Waals surface area contributed by atoms with Gasteiger partial charge in [0.2, 0.25) is 0 Å². The molecule has 1 fully saturated rings. The Bertz CT molecular complexity index is 322. The molecule has 0 amide bonds. The van der Waals surface area contributed by atoms with Crippen LogP contribution in [0.25, 0.3) is 0 Å². The summed E-state index contributed by atoms with van der Waals surface area (Å²) < 4.78 is 57.4. The minimum absolute atomic E-state index is 0.141. The molecule has 3 nitrogen and oxygen atoms in total. The molecule has 0 bridgehead atoms. The van der Waals surface area contributed by atoms with E-state index in [-0.39, 0.29) is 13.1 Å². The molecule has 0 aromatic rings. The summed E-state index contributed by atoms with van der Waals surface area (Å²) in [6.07, 6.45) is 1.61. The third kappa shape index (κ3) is 1.71. The Balaban J connectivity index is 2.77. The van der Waals surface area contributed by atoms with Gasteiger partial charge in [-0.1, -0.05) is 6.08 Å². The molecule has 13 heavy (non-hydrogen) atoms. The number of allylic oxidation sites excluding steroid dienone is 1. The molecular formula is C6H8F3NO2S. The van der Waals surface area contributed by atoms with Gasteiger partial charge < -0.3 is 0 Å². The molecule has 0 aromatic heterocycles. The van der Waals surface area contributed by atoms with Crippen molar-refractivity contribution in [3.63, 3.8) is 0 Å². The van der Waals surface area contributed by atoms with E-state index < -0.39 is 15.5 Å². The fourth-order valence-corrected chi connectivity index (χ4v) is 1.87. The van der Waals surface area contributed by atoms with Crippen LogP contribution in [0.3, 0.4) is 0 Å². The van der Waals surface area contributed by atoms with E-state index in [4.69, 9.17) is 0 Å². The number of halogens is 3. The van der Waals surface area contributed by atoms with Crippen molar-refractivity contribution in [1.82, 2.24) is 4.31 Å². The van der Waals surface area contributed by atoms with E-state index in [2.05, 4.69) is 0 Å². The summed E-state index contributed by atoms with van der Waals surface area (Å²) in [4.78, 5) is 0. The van der Waals surface area contributed by atoms with Gasteiger partial charge in [0.15, 0.2) is 0 Å². The monoisotopic (exact) mass is 215 g/mol. The van der Waals surface area contributed by atoms with Gasteiger partial charge in [0.25, 0.3) is 0 Å². The molecular weight excluding hydrogens is 207 g/mol. The average molecular weight is 215 g/mol. The second-order valence-corrected chi connectivity index (χ2v) is 4.60. The molecule has 0 N–H and O–H groups in total. The number of hydrogen-bond donors (Lipinski definition) is 0. The molecule has 1 rings (SSSR count). The van der Waals surface area contributed by atoms with Crippen molar-refractivity contribution in [1.29, 1.82) is 0 Å². The second-order valence-electron chi connectivity index (χ2n) is 2.67. The Hall–Kier alpha value is -0.560. The van der Waals surface area contributed by atoms with E-state index in [1.165, 1.54) is 0 Å². The summed E-state index contributed by atoms with van der Waals surface area (Å²) in [5.74, 6) is 0. The Kier molecular flexibility index (Phi) is 2.42. The predicted octanol–water partition coefficient (Wildman–Crippen LogP) is 1.10. The van der Waals surface area contributed by atoms with Crippen molar-refractivity contribution in [2.24, 2.45) is 0 Å². The van der Waals surface area contributed by atoms with Crippen molar-refractivity contribution in [2.75, 3.05) is 13.1 Å². The lowest BCUT2D eigenvalue weighted by Crippen LogP contribution is -2.49. The quantitative estimate of drug-likeness (QED) is 0.614. The summed E-state index contributed by atoms with van der Waals surface area (Å²) in [6, 6.07) is 0. The highest BCUT2D eigenvalue weighted by molar-refractivity contribution is 7.90. The Morgan fingerprint density at radius 3 is 2.15 bits per heavy atom. The van der Waals surface area contributed by atoms with Crippen LogP contribution in [-0.2, 0) is 10.0 Å². The van der Waals surface area contributed by atoms with Gasteiger partial charge in [-0.25, -0.2) is 8.42 Å². The molecule has 0 spiro atoms. The molecule has 7 heteroatoms. The third-order valence-corrected chi connectivity index (χ3v) is 3.32. The van der Waals surface area contributed by atoms with Gasteiger partial charge in [-0.15, -0.1) is 0 Å². The number of nitrogens with zero attached hydrogens (tertiary/aromatic N) is 1. The van der Waals surface area contributed by atoms with E-state index in [1.54, 1.807) is 13.0 Å². The molecule has 1 aliphatic rings. The van der Waals surface area contributed by atoms with E-state index in [1.807, 2.05) is 0 Å². The standard InChI is InChI=1S/C6H8F3NO2S/c1-2-5-3-10(4-5)13(11,12)6(7,8)9/h2H,3-4H2,1H3.